The van der Waals surface area contributed by atoms with Crippen LogP contribution in [0.4, 0.5) is 10.5 Å². The Labute approximate surface area is 225 Å². The maximum Gasteiger partial charge on any atom is 0.322 e. The third-order valence-corrected chi connectivity index (χ3v) is 14.5. The number of amides is 2. The minimum absolute atomic E-state index is 0.0121. The van der Waals surface area contributed by atoms with Crippen LogP contribution in [0.25, 0.3) is 0 Å². The van der Waals surface area contributed by atoms with Crippen LogP contribution in [0, 0.1) is 5.92 Å². The first-order valence-electron chi connectivity index (χ1n) is 13.8. The predicted molar refractivity (Wildman–Crippen MR) is 155 cm³/mol. The van der Waals surface area contributed by atoms with Gasteiger partial charge in [-0.25, -0.2) is 4.79 Å². The SMILES string of the molecule is C/C=C(/CO[Si](C(C)C)(C(C)C)C(C)C)[C@@H]1CC=C(C(=O)c2ccccc2N2CN(C)C(=O)N(C)C2)C1. The molecule has 6 nitrogen and oxygen atoms in total. The highest BCUT2D eigenvalue weighted by Gasteiger charge is 2.45. The second-order valence-corrected chi connectivity index (χ2v) is 17.1. The first kappa shape index (κ1) is 29.2. The van der Waals surface area contributed by atoms with Crippen molar-refractivity contribution >= 4 is 25.8 Å². The zero-order valence-corrected chi connectivity index (χ0v) is 25.4. The van der Waals surface area contributed by atoms with Gasteiger partial charge in [0.25, 0.3) is 0 Å². The number of para-hydroxylation sites is 1. The van der Waals surface area contributed by atoms with E-state index in [9.17, 15) is 9.59 Å². The molecule has 0 radical (unpaired) electrons. The molecule has 1 aliphatic heterocycles. The average molecular weight is 526 g/mol. The summed E-state index contributed by atoms with van der Waals surface area (Å²) in [6.45, 7) is 17.6. The summed E-state index contributed by atoms with van der Waals surface area (Å²) in [4.78, 5) is 31.4. The van der Waals surface area contributed by atoms with Crippen molar-refractivity contribution in [1.29, 1.82) is 0 Å². The van der Waals surface area contributed by atoms with Crippen LogP contribution in [0.5, 0.6) is 0 Å². The van der Waals surface area contributed by atoms with Gasteiger partial charge in [0.1, 0.15) is 0 Å². The quantitative estimate of drug-likeness (QED) is 0.186. The van der Waals surface area contributed by atoms with Gasteiger partial charge in [0.05, 0.1) is 25.6 Å². The summed E-state index contributed by atoms with van der Waals surface area (Å²) in [5.41, 5.74) is 5.40. The molecule has 1 aliphatic carbocycles. The molecule has 1 fully saturated rings. The summed E-state index contributed by atoms with van der Waals surface area (Å²) in [6.07, 6.45) is 5.95. The monoisotopic (exact) mass is 525 g/mol. The van der Waals surface area contributed by atoms with Gasteiger partial charge in [-0.15, -0.1) is 0 Å². The summed E-state index contributed by atoms with van der Waals surface area (Å²) < 4.78 is 6.91. The molecule has 0 spiro atoms. The Morgan fingerprint density at radius 3 is 2.14 bits per heavy atom. The minimum Gasteiger partial charge on any atom is -0.412 e. The fourth-order valence-electron chi connectivity index (χ4n) is 6.57. The van der Waals surface area contributed by atoms with Crippen LogP contribution in [0.3, 0.4) is 0 Å². The van der Waals surface area contributed by atoms with Gasteiger partial charge < -0.3 is 19.1 Å². The molecule has 0 saturated carbocycles. The number of hydrogen-bond acceptors (Lipinski definition) is 4. The molecule has 0 aromatic heterocycles. The van der Waals surface area contributed by atoms with E-state index in [0.717, 1.165) is 24.1 Å². The molecule has 0 N–H and O–H groups in total. The van der Waals surface area contributed by atoms with Crippen LogP contribution in [0.15, 0.2) is 47.6 Å². The maximum atomic E-state index is 13.7. The van der Waals surface area contributed by atoms with Crippen LogP contribution in [-0.4, -0.2) is 64.0 Å². The molecule has 1 atom stereocenters. The zero-order chi connectivity index (χ0) is 27.5. The standard InChI is InChI=1S/C30H47N3O3Si/c1-10-24(18-36-37(21(2)3,22(4)5)23(6)7)25-15-16-26(17-25)29(34)27-13-11-12-14-28(27)33-19-31(8)30(35)32(9)20-33/h10-14,16,21-23,25H,15,17-20H2,1-9H3/b24-10-/t25-/m1/s1. The molecule has 37 heavy (non-hydrogen) atoms. The molecule has 7 heteroatoms. The molecule has 2 aliphatic rings. The number of benzene rings is 1. The van der Waals surface area contributed by atoms with Gasteiger partial charge in [-0.05, 0) is 65.6 Å². The summed E-state index contributed by atoms with van der Waals surface area (Å²) in [7, 11) is 1.62. The van der Waals surface area contributed by atoms with Crippen molar-refractivity contribution in [3.05, 3.63) is 53.1 Å². The van der Waals surface area contributed by atoms with Crippen molar-refractivity contribution in [3.8, 4) is 0 Å². The van der Waals surface area contributed by atoms with E-state index in [1.54, 1.807) is 23.9 Å². The summed E-state index contributed by atoms with van der Waals surface area (Å²) in [6, 6.07) is 7.76. The highest BCUT2D eigenvalue weighted by molar-refractivity contribution is 6.77. The number of ketones is 1. The van der Waals surface area contributed by atoms with Crippen LogP contribution in [0.1, 0.15) is 71.7 Å². The number of carbonyl (C=O) groups is 2. The number of allylic oxidation sites excluding steroid dienone is 3. The van der Waals surface area contributed by atoms with Gasteiger partial charge in [-0.3, -0.25) is 4.79 Å². The molecule has 3 rings (SSSR count). The smallest absolute Gasteiger partial charge is 0.322 e. The lowest BCUT2D eigenvalue weighted by Gasteiger charge is -2.42. The van der Waals surface area contributed by atoms with Gasteiger partial charge in [-0.1, -0.05) is 65.8 Å². The number of carbonyl (C=O) groups excluding carboxylic acids is 2. The summed E-state index contributed by atoms with van der Waals surface area (Å²) in [5, 5.41) is 0. The van der Waals surface area contributed by atoms with Crippen LogP contribution >= 0.6 is 0 Å². The number of nitrogens with zero attached hydrogens (tertiary/aromatic N) is 3. The van der Waals surface area contributed by atoms with Gasteiger partial charge in [-0.2, -0.15) is 0 Å². The fourth-order valence-corrected chi connectivity index (χ4v) is 12.0. The Hall–Kier alpha value is -2.38. The largest absolute Gasteiger partial charge is 0.412 e. The average Bonchev–Trinajstić information content (AvgIpc) is 3.34. The Balaban J connectivity index is 1.74. The van der Waals surface area contributed by atoms with Crippen LogP contribution < -0.4 is 4.90 Å². The first-order chi connectivity index (χ1) is 17.4. The molecule has 1 aromatic carbocycles. The van der Waals surface area contributed by atoms with E-state index >= 15 is 0 Å². The predicted octanol–water partition coefficient (Wildman–Crippen LogP) is 7.06. The normalized spacial score (nSPS) is 19.5. The Bertz CT molecular complexity index is 1010. The Kier molecular flexibility index (Phi) is 9.45. The van der Waals surface area contributed by atoms with Crippen molar-refractivity contribution in [3.63, 3.8) is 0 Å². The highest BCUT2D eigenvalue weighted by atomic mass is 28.4. The fraction of sp³-hybridized carbons (Fsp3) is 0.600. The molecule has 1 heterocycles. The summed E-state index contributed by atoms with van der Waals surface area (Å²) >= 11 is 0. The van der Waals surface area contributed by atoms with E-state index in [-0.39, 0.29) is 11.8 Å². The Morgan fingerprint density at radius 1 is 1.03 bits per heavy atom. The number of Topliss-reactive ketones (excluding diaryl/α,β-unsaturated/α-hetero) is 1. The lowest BCUT2D eigenvalue weighted by Crippen LogP contribution is -2.55. The van der Waals surface area contributed by atoms with Crippen molar-refractivity contribution in [2.24, 2.45) is 5.92 Å². The number of rotatable bonds is 10. The van der Waals surface area contributed by atoms with Crippen molar-refractivity contribution < 1.29 is 14.0 Å². The van der Waals surface area contributed by atoms with E-state index in [0.29, 0.717) is 48.0 Å². The molecule has 0 unspecified atom stereocenters. The van der Waals surface area contributed by atoms with E-state index in [1.165, 1.54) is 5.57 Å². The van der Waals surface area contributed by atoms with E-state index < -0.39 is 8.32 Å². The molecule has 1 aromatic rings. The van der Waals surface area contributed by atoms with Crippen LogP contribution in [-0.2, 0) is 4.43 Å². The van der Waals surface area contributed by atoms with E-state index in [2.05, 4.69) is 65.5 Å². The molecule has 0 bridgehead atoms. The second-order valence-electron chi connectivity index (χ2n) is 11.7. The number of anilines is 1. The van der Waals surface area contributed by atoms with Gasteiger partial charge >= 0.3 is 6.03 Å². The molecule has 204 valence electrons. The van der Waals surface area contributed by atoms with Crippen LogP contribution in [0.2, 0.25) is 16.6 Å². The van der Waals surface area contributed by atoms with Gasteiger partial charge in [0.15, 0.2) is 5.78 Å². The Morgan fingerprint density at radius 2 is 1.59 bits per heavy atom. The van der Waals surface area contributed by atoms with Crippen molar-refractivity contribution in [2.45, 2.75) is 77.9 Å². The number of urea groups is 1. The second kappa shape index (κ2) is 12.0. The lowest BCUT2D eigenvalue weighted by molar-refractivity contribution is 0.103. The van der Waals surface area contributed by atoms with Gasteiger partial charge in [0, 0.05) is 19.7 Å². The van der Waals surface area contributed by atoms with E-state index in [4.69, 9.17) is 4.43 Å². The van der Waals surface area contributed by atoms with Gasteiger partial charge in [0.2, 0.25) is 8.32 Å². The first-order valence-corrected chi connectivity index (χ1v) is 15.9. The third-order valence-electron chi connectivity index (χ3n) is 8.41. The van der Waals surface area contributed by atoms with Crippen molar-refractivity contribution in [1.82, 2.24) is 9.80 Å². The maximum absolute atomic E-state index is 13.7. The molecular formula is C30H47N3O3Si. The summed E-state index contributed by atoms with van der Waals surface area (Å²) in [5.74, 6) is 0.395. The third kappa shape index (κ3) is 5.88. The zero-order valence-electron chi connectivity index (χ0n) is 24.4. The minimum atomic E-state index is -1.95. The molecule has 2 amide bonds. The topological polar surface area (TPSA) is 53.1 Å². The van der Waals surface area contributed by atoms with E-state index in [1.807, 2.05) is 24.3 Å². The lowest BCUT2D eigenvalue weighted by atomic mass is 9.93. The molecular weight excluding hydrogens is 478 g/mol. The highest BCUT2D eigenvalue weighted by Crippen LogP contribution is 2.43. The molecule has 1 saturated heterocycles. The van der Waals surface area contributed by atoms with Crippen molar-refractivity contribution in [2.75, 3.05) is 38.9 Å². The number of hydrogen-bond donors (Lipinski definition) is 0.